The Kier molecular flexibility index (Phi) is 2.67. The fourth-order valence-corrected chi connectivity index (χ4v) is 1.77. The van der Waals surface area contributed by atoms with E-state index in [1.165, 1.54) is 0 Å². The van der Waals surface area contributed by atoms with Gasteiger partial charge >= 0.3 is 0 Å². The summed E-state index contributed by atoms with van der Waals surface area (Å²) in [6.07, 6.45) is 0. The molecule has 0 spiro atoms. The summed E-state index contributed by atoms with van der Waals surface area (Å²) in [6.45, 7) is 7.43. The molecule has 1 aliphatic heterocycles. The maximum Gasteiger partial charge on any atom is 0.293 e. The van der Waals surface area contributed by atoms with Gasteiger partial charge in [-0.05, 0) is 20.8 Å². The summed E-state index contributed by atoms with van der Waals surface area (Å²) in [5.74, 6) is 0.742. The molecule has 88 valence electrons. The van der Waals surface area contributed by atoms with Gasteiger partial charge in [0.25, 0.3) is 5.91 Å². The number of carbonyl (C=O) groups is 1. The first kappa shape index (κ1) is 11.1. The van der Waals surface area contributed by atoms with E-state index in [9.17, 15) is 4.79 Å². The van der Waals surface area contributed by atoms with Crippen LogP contribution in [0.2, 0.25) is 0 Å². The van der Waals surface area contributed by atoms with E-state index < -0.39 is 0 Å². The molecular weight excluding hydrogens is 208 g/mol. The maximum absolute atomic E-state index is 12.0. The van der Waals surface area contributed by atoms with Crippen molar-refractivity contribution < 1.29 is 9.53 Å². The minimum absolute atomic E-state index is 0.138. The molecule has 6 nitrogen and oxygen atoms in total. The third-order valence-corrected chi connectivity index (χ3v) is 2.50. The van der Waals surface area contributed by atoms with Crippen LogP contribution in [0.3, 0.4) is 0 Å². The van der Waals surface area contributed by atoms with Crippen LogP contribution in [0.4, 0.5) is 0 Å². The van der Waals surface area contributed by atoms with Crippen LogP contribution >= 0.6 is 0 Å². The van der Waals surface area contributed by atoms with Crippen LogP contribution in [0.25, 0.3) is 0 Å². The molecule has 0 unspecified atom stereocenters. The molecule has 0 aliphatic carbocycles. The summed E-state index contributed by atoms with van der Waals surface area (Å²) in [7, 11) is 0. The fourth-order valence-electron chi connectivity index (χ4n) is 1.77. The zero-order chi connectivity index (χ0) is 11.8. The molecule has 0 radical (unpaired) electrons. The zero-order valence-electron chi connectivity index (χ0n) is 9.78. The van der Waals surface area contributed by atoms with E-state index in [1.807, 2.05) is 13.8 Å². The van der Waals surface area contributed by atoms with Gasteiger partial charge in [0.2, 0.25) is 5.82 Å². The van der Waals surface area contributed by atoms with Gasteiger partial charge in [0, 0.05) is 13.1 Å². The van der Waals surface area contributed by atoms with Crippen LogP contribution in [0.15, 0.2) is 0 Å². The van der Waals surface area contributed by atoms with E-state index in [4.69, 9.17) is 4.74 Å². The van der Waals surface area contributed by atoms with Crippen LogP contribution in [0.5, 0.6) is 0 Å². The van der Waals surface area contributed by atoms with E-state index in [0.29, 0.717) is 25.5 Å². The number of aromatic nitrogens is 3. The highest BCUT2D eigenvalue weighted by Crippen LogP contribution is 2.17. The SMILES string of the molecule is Cc1nc(C(=O)N2CCOC(C)(C)C2)n[nH]1. The monoisotopic (exact) mass is 224 g/mol. The Hall–Kier alpha value is -1.43. The number of carbonyl (C=O) groups excluding carboxylic acids is 1. The predicted molar refractivity (Wildman–Crippen MR) is 57.1 cm³/mol. The van der Waals surface area contributed by atoms with E-state index in [2.05, 4.69) is 15.2 Å². The number of hydrogen-bond donors (Lipinski definition) is 1. The molecule has 0 atom stereocenters. The molecule has 0 aromatic carbocycles. The third kappa shape index (κ3) is 2.21. The molecule has 1 aromatic rings. The van der Waals surface area contributed by atoms with Gasteiger partial charge < -0.3 is 9.64 Å². The molecule has 2 rings (SSSR count). The van der Waals surface area contributed by atoms with E-state index in [1.54, 1.807) is 11.8 Å². The first-order valence-corrected chi connectivity index (χ1v) is 5.30. The number of aromatic amines is 1. The van der Waals surface area contributed by atoms with Crippen LogP contribution in [0.1, 0.15) is 30.3 Å². The fraction of sp³-hybridized carbons (Fsp3) is 0.700. The maximum atomic E-state index is 12.0. The van der Waals surface area contributed by atoms with Crippen molar-refractivity contribution in [1.82, 2.24) is 20.1 Å². The Bertz CT molecular complexity index is 399. The highest BCUT2D eigenvalue weighted by Gasteiger charge is 2.31. The molecule has 1 N–H and O–H groups in total. The van der Waals surface area contributed by atoms with Crippen LogP contribution < -0.4 is 0 Å². The van der Waals surface area contributed by atoms with E-state index >= 15 is 0 Å². The van der Waals surface area contributed by atoms with Gasteiger partial charge in [-0.3, -0.25) is 9.89 Å². The summed E-state index contributed by atoms with van der Waals surface area (Å²) < 4.78 is 5.54. The van der Waals surface area contributed by atoms with Gasteiger partial charge in [0.05, 0.1) is 12.2 Å². The number of nitrogens with one attached hydrogen (secondary N) is 1. The lowest BCUT2D eigenvalue weighted by molar-refractivity contribution is -0.0766. The van der Waals surface area contributed by atoms with Gasteiger partial charge in [0.15, 0.2) is 0 Å². The molecule has 6 heteroatoms. The Morgan fingerprint density at radius 1 is 1.56 bits per heavy atom. The van der Waals surface area contributed by atoms with Gasteiger partial charge in [-0.1, -0.05) is 0 Å². The lowest BCUT2D eigenvalue weighted by atomic mass is 10.1. The lowest BCUT2D eigenvalue weighted by Gasteiger charge is -2.37. The average molecular weight is 224 g/mol. The first-order valence-electron chi connectivity index (χ1n) is 5.30. The standard InChI is InChI=1S/C10H16N4O2/c1-7-11-8(13-12-7)9(15)14-4-5-16-10(2,3)6-14/h4-6H2,1-3H3,(H,11,12,13). The minimum Gasteiger partial charge on any atom is -0.372 e. The number of ether oxygens (including phenoxy) is 1. The summed E-state index contributed by atoms with van der Waals surface area (Å²) in [5.41, 5.74) is -0.292. The smallest absolute Gasteiger partial charge is 0.293 e. The lowest BCUT2D eigenvalue weighted by Crippen LogP contribution is -2.50. The van der Waals surface area contributed by atoms with Crippen molar-refractivity contribution in [3.63, 3.8) is 0 Å². The molecule has 16 heavy (non-hydrogen) atoms. The van der Waals surface area contributed by atoms with Crippen molar-refractivity contribution in [3.8, 4) is 0 Å². The summed E-state index contributed by atoms with van der Waals surface area (Å²) >= 11 is 0. The average Bonchev–Trinajstić information content (AvgIpc) is 2.62. The summed E-state index contributed by atoms with van der Waals surface area (Å²) in [4.78, 5) is 17.8. The van der Waals surface area contributed by atoms with Crippen molar-refractivity contribution in [2.24, 2.45) is 0 Å². The van der Waals surface area contributed by atoms with Crippen molar-refractivity contribution >= 4 is 5.91 Å². The predicted octanol–water partition coefficient (Wildman–Crippen LogP) is 0.364. The third-order valence-electron chi connectivity index (χ3n) is 2.50. The second kappa shape index (κ2) is 3.86. The molecule has 1 aliphatic rings. The van der Waals surface area contributed by atoms with Crippen LogP contribution in [-0.2, 0) is 4.74 Å². The second-order valence-corrected chi connectivity index (χ2v) is 4.58. The van der Waals surface area contributed by atoms with Gasteiger partial charge in [0.1, 0.15) is 5.82 Å². The number of aryl methyl sites for hydroxylation is 1. The number of H-pyrrole nitrogens is 1. The number of amides is 1. The van der Waals surface area contributed by atoms with Crippen molar-refractivity contribution in [1.29, 1.82) is 0 Å². The molecule has 1 fully saturated rings. The molecule has 2 heterocycles. The van der Waals surface area contributed by atoms with Crippen molar-refractivity contribution in [2.75, 3.05) is 19.7 Å². The van der Waals surface area contributed by atoms with Crippen molar-refractivity contribution in [3.05, 3.63) is 11.6 Å². The van der Waals surface area contributed by atoms with Gasteiger partial charge in [-0.2, -0.15) is 0 Å². The molecule has 1 amide bonds. The summed E-state index contributed by atoms with van der Waals surface area (Å²) in [5, 5.41) is 6.54. The Labute approximate surface area is 94.0 Å². The molecular formula is C10H16N4O2. The summed E-state index contributed by atoms with van der Waals surface area (Å²) in [6, 6.07) is 0. The Balaban J connectivity index is 2.10. The molecule has 0 saturated carbocycles. The van der Waals surface area contributed by atoms with Crippen LogP contribution in [0, 0.1) is 6.92 Å². The quantitative estimate of drug-likeness (QED) is 0.747. The highest BCUT2D eigenvalue weighted by atomic mass is 16.5. The number of hydrogen-bond acceptors (Lipinski definition) is 4. The molecule has 1 saturated heterocycles. The van der Waals surface area contributed by atoms with Gasteiger partial charge in [-0.15, -0.1) is 5.10 Å². The first-order chi connectivity index (χ1) is 7.48. The van der Waals surface area contributed by atoms with Crippen LogP contribution in [-0.4, -0.2) is 51.3 Å². The topological polar surface area (TPSA) is 71.1 Å². The number of nitrogens with zero attached hydrogens (tertiary/aromatic N) is 3. The van der Waals surface area contributed by atoms with Gasteiger partial charge in [-0.25, -0.2) is 4.98 Å². The largest absolute Gasteiger partial charge is 0.372 e. The Morgan fingerprint density at radius 3 is 2.88 bits per heavy atom. The van der Waals surface area contributed by atoms with Crippen molar-refractivity contribution in [2.45, 2.75) is 26.4 Å². The molecule has 1 aromatic heterocycles. The minimum atomic E-state index is -0.292. The van der Waals surface area contributed by atoms with E-state index in [0.717, 1.165) is 0 Å². The highest BCUT2D eigenvalue weighted by molar-refractivity contribution is 5.90. The second-order valence-electron chi connectivity index (χ2n) is 4.58. The molecule has 0 bridgehead atoms. The normalized spacial score (nSPS) is 19.8. The van der Waals surface area contributed by atoms with E-state index in [-0.39, 0.29) is 17.3 Å². The Morgan fingerprint density at radius 2 is 2.31 bits per heavy atom. The number of rotatable bonds is 1. The number of morpholine rings is 1. The zero-order valence-corrected chi connectivity index (χ0v) is 9.78.